The van der Waals surface area contributed by atoms with E-state index in [-0.39, 0.29) is 16.9 Å². The highest BCUT2D eigenvalue weighted by Crippen LogP contribution is 2.24. The third-order valence-electron chi connectivity index (χ3n) is 6.67. The molecule has 3 N–H and O–H groups in total. The van der Waals surface area contributed by atoms with E-state index < -0.39 is 11.1 Å². The fraction of sp³-hybridized carbons (Fsp3) is 0. The highest BCUT2D eigenvalue weighted by atomic mass is 35.5. The van der Waals surface area contributed by atoms with Gasteiger partial charge in [-0.05, 0) is 81.7 Å². The molecule has 1 heterocycles. The summed E-state index contributed by atoms with van der Waals surface area (Å²) in [5.74, 6) is -0.336. The summed E-state index contributed by atoms with van der Waals surface area (Å²) in [7, 11) is 0. The van der Waals surface area contributed by atoms with Crippen molar-refractivity contribution in [1.82, 2.24) is 4.98 Å². The van der Waals surface area contributed by atoms with E-state index in [1.54, 1.807) is 42.5 Å². The standard InChI is InChI=1S/C18H11NO2.C11H7ClO.C7H7NO2/c20-17-15-7-3-4-8-16(15)21-18(19-17)14-10-9-12-5-1-2-6-13(12)11-14;12-11(13)10-6-5-8-3-1-2-4-9(8)7-10;8-7(10)5-3-1-2-4-6(5)9/h1-11H;1-7H;1-4,9H,(H2,8,10). The van der Waals surface area contributed by atoms with Crippen LogP contribution < -0.4 is 11.3 Å². The van der Waals surface area contributed by atoms with Gasteiger partial charge < -0.3 is 15.3 Å². The highest BCUT2D eigenvalue weighted by Gasteiger charge is 2.09. The molecule has 6 aromatic carbocycles. The molecule has 0 spiro atoms. The van der Waals surface area contributed by atoms with Gasteiger partial charge in [-0.25, -0.2) is 0 Å². The van der Waals surface area contributed by atoms with Crippen LogP contribution in [0.15, 0.2) is 143 Å². The number of primary amides is 1. The van der Waals surface area contributed by atoms with Crippen LogP contribution in [0.3, 0.4) is 0 Å². The van der Waals surface area contributed by atoms with Crippen LogP contribution in [0.1, 0.15) is 20.7 Å². The van der Waals surface area contributed by atoms with Gasteiger partial charge in [0.15, 0.2) is 0 Å². The molecule has 1 aromatic heterocycles. The second-order valence-electron chi connectivity index (χ2n) is 9.60. The second kappa shape index (κ2) is 13.5. The van der Waals surface area contributed by atoms with Crippen molar-refractivity contribution >= 4 is 55.3 Å². The number of hydrogen-bond acceptors (Lipinski definition) is 6. The molecule has 0 bridgehead atoms. The first-order valence-corrected chi connectivity index (χ1v) is 13.8. The number of phenols is 1. The van der Waals surface area contributed by atoms with Gasteiger partial charge in [-0.15, -0.1) is 0 Å². The highest BCUT2D eigenvalue weighted by molar-refractivity contribution is 6.67. The minimum atomic E-state index is -0.613. The Hall–Kier alpha value is -5.79. The van der Waals surface area contributed by atoms with Gasteiger partial charge in [-0.2, -0.15) is 4.98 Å². The van der Waals surface area contributed by atoms with Crippen LogP contribution in [0.2, 0.25) is 0 Å². The lowest BCUT2D eigenvalue weighted by Crippen LogP contribution is -2.10. The molecule has 0 aliphatic heterocycles. The number of halogens is 1. The van der Waals surface area contributed by atoms with Crippen LogP contribution in [0.4, 0.5) is 0 Å². The van der Waals surface area contributed by atoms with Crippen LogP contribution in [-0.2, 0) is 0 Å². The molecule has 7 nitrogen and oxygen atoms in total. The van der Waals surface area contributed by atoms with Crippen molar-refractivity contribution in [3.05, 3.63) is 155 Å². The molecule has 0 atom stereocenters. The molecule has 0 saturated carbocycles. The number of aromatic nitrogens is 1. The number of para-hydroxylation sites is 2. The van der Waals surface area contributed by atoms with E-state index in [0.717, 1.165) is 27.1 Å². The van der Waals surface area contributed by atoms with E-state index in [4.69, 9.17) is 26.9 Å². The van der Waals surface area contributed by atoms with E-state index in [1.807, 2.05) is 78.9 Å². The fourth-order valence-corrected chi connectivity index (χ4v) is 4.57. The molecule has 216 valence electrons. The SMILES string of the molecule is NC(=O)c1ccccc1O.O=C(Cl)c1ccc2ccccc2c1.O=c1nc(-c2ccc3ccccc3c2)oc2ccccc12. The lowest BCUT2D eigenvalue weighted by Gasteiger charge is -2.03. The molecule has 44 heavy (non-hydrogen) atoms. The zero-order valence-electron chi connectivity index (χ0n) is 23.2. The zero-order valence-corrected chi connectivity index (χ0v) is 23.9. The number of nitrogens with two attached hydrogens (primary N) is 1. The molecule has 8 heteroatoms. The first-order valence-electron chi connectivity index (χ1n) is 13.5. The molecule has 0 aliphatic carbocycles. The molecule has 7 aromatic rings. The Bertz CT molecular complexity index is 2190. The molecule has 0 fully saturated rings. The Kier molecular flexibility index (Phi) is 9.08. The van der Waals surface area contributed by atoms with Crippen molar-refractivity contribution in [1.29, 1.82) is 0 Å². The largest absolute Gasteiger partial charge is 0.507 e. The normalized spacial score (nSPS) is 10.4. The van der Waals surface area contributed by atoms with Gasteiger partial charge in [0.1, 0.15) is 11.3 Å². The van der Waals surface area contributed by atoms with E-state index in [0.29, 0.717) is 22.4 Å². The fourth-order valence-electron chi connectivity index (χ4n) is 4.45. The number of rotatable bonds is 3. The maximum absolute atomic E-state index is 12.1. The molecule has 7 rings (SSSR count). The van der Waals surface area contributed by atoms with Crippen molar-refractivity contribution in [2.45, 2.75) is 0 Å². The monoisotopic (exact) mass is 600 g/mol. The average Bonchev–Trinajstić information content (AvgIpc) is 3.05. The first-order chi connectivity index (χ1) is 21.3. The zero-order chi connectivity index (χ0) is 31.1. The molecule has 0 unspecified atom stereocenters. The van der Waals surface area contributed by atoms with Gasteiger partial charge in [0, 0.05) is 11.1 Å². The maximum atomic E-state index is 12.1. The summed E-state index contributed by atoms with van der Waals surface area (Å²) >= 11 is 5.36. The van der Waals surface area contributed by atoms with Crippen molar-refractivity contribution in [3.8, 4) is 17.2 Å². The lowest BCUT2D eigenvalue weighted by atomic mass is 10.1. The number of nitrogens with zero attached hydrogens (tertiary/aromatic N) is 1. The predicted octanol–water partition coefficient (Wildman–Crippen LogP) is 7.72. The number of amides is 1. The molecule has 0 saturated heterocycles. The molecule has 0 radical (unpaired) electrons. The Morgan fingerprint density at radius 2 is 1.25 bits per heavy atom. The summed E-state index contributed by atoms with van der Waals surface area (Å²) in [4.78, 5) is 37.5. The van der Waals surface area contributed by atoms with Gasteiger partial charge in [0.2, 0.25) is 5.89 Å². The predicted molar refractivity (Wildman–Crippen MR) is 174 cm³/mol. The summed E-state index contributed by atoms with van der Waals surface area (Å²) < 4.78 is 5.77. The van der Waals surface area contributed by atoms with Crippen molar-refractivity contribution in [2.24, 2.45) is 5.73 Å². The number of hydrogen-bond donors (Lipinski definition) is 2. The summed E-state index contributed by atoms with van der Waals surface area (Å²) in [5.41, 5.74) is 6.71. The third kappa shape index (κ3) is 6.98. The number of fused-ring (bicyclic) bond motifs is 3. The van der Waals surface area contributed by atoms with Crippen LogP contribution in [0.5, 0.6) is 5.75 Å². The topological polar surface area (TPSA) is 123 Å². The van der Waals surface area contributed by atoms with Crippen molar-refractivity contribution in [2.75, 3.05) is 0 Å². The van der Waals surface area contributed by atoms with Crippen LogP contribution in [-0.4, -0.2) is 21.2 Å². The van der Waals surface area contributed by atoms with Crippen molar-refractivity contribution in [3.63, 3.8) is 0 Å². The van der Waals surface area contributed by atoms with Crippen LogP contribution in [0, 0.1) is 0 Å². The van der Waals surface area contributed by atoms with E-state index >= 15 is 0 Å². The number of carbonyl (C=O) groups excluding carboxylic acids is 2. The second-order valence-corrected chi connectivity index (χ2v) is 9.94. The molecular weight excluding hydrogens is 576 g/mol. The van der Waals surface area contributed by atoms with Gasteiger partial charge >= 0.3 is 0 Å². The van der Waals surface area contributed by atoms with E-state index in [9.17, 15) is 14.4 Å². The lowest BCUT2D eigenvalue weighted by molar-refractivity contribution is 0.0997. The summed E-state index contributed by atoms with van der Waals surface area (Å²) in [5, 5.41) is 13.5. The van der Waals surface area contributed by atoms with Gasteiger partial charge in [0.05, 0.1) is 10.9 Å². The van der Waals surface area contributed by atoms with E-state index in [1.165, 1.54) is 12.1 Å². The number of carbonyl (C=O) groups is 2. The Balaban J connectivity index is 0.000000143. The first kappa shape index (κ1) is 29.7. The minimum absolute atomic E-state index is 0.0741. The Labute approximate surface area is 256 Å². The van der Waals surface area contributed by atoms with Gasteiger partial charge in [0.25, 0.3) is 16.7 Å². The van der Waals surface area contributed by atoms with Crippen LogP contribution >= 0.6 is 11.6 Å². The summed E-state index contributed by atoms with van der Waals surface area (Å²) in [6.45, 7) is 0. The number of aromatic hydroxyl groups is 1. The Morgan fingerprint density at radius 3 is 1.89 bits per heavy atom. The summed E-state index contributed by atoms with van der Waals surface area (Å²) in [6.07, 6.45) is 0. The third-order valence-corrected chi connectivity index (χ3v) is 6.89. The quantitative estimate of drug-likeness (QED) is 0.200. The summed E-state index contributed by atoms with van der Waals surface area (Å²) in [6, 6.07) is 40.5. The van der Waals surface area contributed by atoms with Crippen LogP contribution in [0.25, 0.3) is 44.0 Å². The minimum Gasteiger partial charge on any atom is -0.507 e. The van der Waals surface area contributed by atoms with Crippen molar-refractivity contribution < 1.29 is 19.1 Å². The molecule has 0 aliphatic rings. The number of benzene rings is 6. The molecular formula is C36H25ClN2O5. The average molecular weight is 601 g/mol. The smallest absolute Gasteiger partial charge is 0.284 e. The Morgan fingerprint density at radius 1 is 0.682 bits per heavy atom. The maximum Gasteiger partial charge on any atom is 0.284 e. The van der Waals surface area contributed by atoms with E-state index in [2.05, 4.69) is 4.98 Å². The van der Waals surface area contributed by atoms with Gasteiger partial charge in [-0.1, -0.05) is 84.9 Å². The van der Waals surface area contributed by atoms with Gasteiger partial charge in [-0.3, -0.25) is 14.4 Å². The molecule has 1 amide bonds.